The second kappa shape index (κ2) is 9.84. The van der Waals surface area contributed by atoms with Crippen molar-refractivity contribution < 1.29 is 14.0 Å². The van der Waals surface area contributed by atoms with E-state index >= 15 is 0 Å². The van der Waals surface area contributed by atoms with Crippen LogP contribution in [-0.4, -0.2) is 37.6 Å². The molecule has 4 aliphatic carbocycles. The molecule has 7 atom stereocenters. The van der Waals surface area contributed by atoms with Crippen molar-refractivity contribution >= 4 is 14.4 Å². The van der Waals surface area contributed by atoms with E-state index in [-0.39, 0.29) is 22.0 Å². The third-order valence-corrected chi connectivity index (χ3v) is 17.4. The third kappa shape index (κ3) is 4.78. The molecule has 1 amide bonds. The number of nitrogens with zero attached hydrogens (tertiary/aromatic N) is 1. The zero-order valence-electron chi connectivity index (χ0n) is 26.9. The number of ether oxygens (including phenoxy) is 1. The minimum Gasteiger partial charge on any atom is -0.441 e. The monoisotopic (exact) mass is 575 g/mol. The van der Waals surface area contributed by atoms with E-state index in [9.17, 15) is 4.79 Å². The molecule has 1 aromatic rings. The van der Waals surface area contributed by atoms with Crippen LogP contribution < -0.4 is 0 Å². The van der Waals surface area contributed by atoms with Crippen molar-refractivity contribution in [3.63, 3.8) is 0 Å². The van der Waals surface area contributed by atoms with E-state index in [0.717, 1.165) is 18.4 Å². The highest BCUT2D eigenvalue weighted by molar-refractivity contribution is 6.74. The molecule has 0 N–H and O–H groups in total. The van der Waals surface area contributed by atoms with Gasteiger partial charge in [-0.1, -0.05) is 88.2 Å². The van der Waals surface area contributed by atoms with Crippen LogP contribution in [0.2, 0.25) is 18.1 Å². The Balaban J connectivity index is 1.20. The summed E-state index contributed by atoms with van der Waals surface area (Å²) in [5, 5.41) is 0.247. The van der Waals surface area contributed by atoms with E-state index in [1.165, 1.54) is 32.1 Å². The van der Waals surface area contributed by atoms with Gasteiger partial charge in [-0.25, -0.2) is 4.79 Å². The molecule has 1 aromatic carbocycles. The Kier molecular flexibility index (Phi) is 7.01. The van der Waals surface area contributed by atoms with Gasteiger partial charge >= 0.3 is 6.09 Å². The first-order chi connectivity index (χ1) is 19.2. The molecule has 5 aliphatic rings. The summed E-state index contributed by atoms with van der Waals surface area (Å²) in [6.07, 6.45) is 13.6. The van der Waals surface area contributed by atoms with Crippen molar-refractivity contribution in [2.45, 2.75) is 123 Å². The molecule has 3 saturated carbocycles. The number of hydrogen-bond donors (Lipinski definition) is 0. The van der Waals surface area contributed by atoms with Gasteiger partial charge in [0.1, 0.15) is 5.60 Å². The highest BCUT2D eigenvalue weighted by Crippen LogP contribution is 2.67. The van der Waals surface area contributed by atoms with Crippen molar-refractivity contribution in [2.24, 2.45) is 28.6 Å². The predicted octanol–water partition coefficient (Wildman–Crippen LogP) is 9.29. The minimum absolute atomic E-state index is 0.147. The highest BCUT2D eigenvalue weighted by Gasteiger charge is 2.62. The second-order valence-corrected chi connectivity index (χ2v) is 21.1. The van der Waals surface area contributed by atoms with Gasteiger partial charge in [-0.05, 0) is 98.2 Å². The average molecular weight is 576 g/mol. The molecule has 1 aliphatic heterocycles. The Bertz CT molecular complexity index is 1250. The van der Waals surface area contributed by atoms with E-state index < -0.39 is 13.9 Å². The quantitative estimate of drug-likeness (QED) is 0.328. The topological polar surface area (TPSA) is 38.8 Å². The lowest BCUT2D eigenvalue weighted by Gasteiger charge is -2.56. The summed E-state index contributed by atoms with van der Waals surface area (Å²) >= 11 is 0. The number of carbonyl (C=O) groups is 1. The van der Waals surface area contributed by atoms with Gasteiger partial charge in [0.2, 0.25) is 0 Å². The third-order valence-electron chi connectivity index (χ3n) is 12.8. The van der Waals surface area contributed by atoms with E-state index in [0.29, 0.717) is 36.9 Å². The molecule has 1 heterocycles. The Labute approximate surface area is 250 Å². The van der Waals surface area contributed by atoms with Crippen LogP contribution in [0.1, 0.15) is 92.1 Å². The van der Waals surface area contributed by atoms with Crippen LogP contribution in [0, 0.1) is 28.6 Å². The summed E-state index contributed by atoms with van der Waals surface area (Å²) in [5.41, 5.74) is 4.49. The maximum atomic E-state index is 13.1. The molecular formula is C36H53NO3Si. The fourth-order valence-electron chi connectivity index (χ4n) is 9.51. The van der Waals surface area contributed by atoms with Gasteiger partial charge in [-0.3, -0.25) is 4.90 Å². The smallest absolute Gasteiger partial charge is 0.410 e. The minimum atomic E-state index is -1.78. The molecule has 6 rings (SSSR count). The zero-order chi connectivity index (χ0) is 29.4. The molecular weight excluding hydrogens is 522 g/mol. The molecule has 41 heavy (non-hydrogen) atoms. The zero-order valence-corrected chi connectivity index (χ0v) is 27.9. The molecule has 4 nitrogen and oxygen atoms in total. The summed E-state index contributed by atoms with van der Waals surface area (Å²) in [4.78, 5) is 15.0. The summed E-state index contributed by atoms with van der Waals surface area (Å²) in [7, 11) is -1.78. The predicted molar refractivity (Wildman–Crippen MR) is 169 cm³/mol. The van der Waals surface area contributed by atoms with E-state index in [1.54, 1.807) is 11.1 Å². The molecule has 0 spiro atoms. The lowest BCUT2D eigenvalue weighted by Crippen LogP contribution is -2.51. The number of cyclic esters (lactones) is 1. The van der Waals surface area contributed by atoms with Crippen molar-refractivity contribution in [3.8, 4) is 0 Å². The number of allylic oxidation sites excluding steroid dienone is 3. The molecule has 0 radical (unpaired) electrons. The van der Waals surface area contributed by atoms with Gasteiger partial charge in [-0.2, -0.15) is 0 Å². The molecule has 1 saturated heterocycles. The molecule has 224 valence electrons. The lowest BCUT2D eigenvalue weighted by molar-refractivity contribution is -0.0469. The summed E-state index contributed by atoms with van der Waals surface area (Å²) in [6, 6.07) is 10.3. The normalized spacial score (nSPS) is 38.9. The molecule has 0 bridgehead atoms. The van der Waals surface area contributed by atoms with Crippen LogP contribution in [-0.2, 0) is 15.7 Å². The van der Waals surface area contributed by atoms with Gasteiger partial charge in [-0.15, -0.1) is 0 Å². The van der Waals surface area contributed by atoms with Gasteiger partial charge in [0, 0.05) is 18.6 Å². The van der Waals surface area contributed by atoms with Crippen LogP contribution in [0.15, 0.2) is 53.6 Å². The maximum absolute atomic E-state index is 13.1. The Morgan fingerprint density at radius 2 is 1.71 bits per heavy atom. The number of carbonyl (C=O) groups excluding carboxylic acids is 1. The maximum Gasteiger partial charge on any atom is 0.410 e. The van der Waals surface area contributed by atoms with Gasteiger partial charge in [0.15, 0.2) is 8.32 Å². The number of amides is 1. The summed E-state index contributed by atoms with van der Waals surface area (Å²) < 4.78 is 13.2. The standard InChI is InChI=1S/C36H53NO3Si/c1-33(2,3)41(7,8)40-27-18-20-34(4)26(22-27)14-15-28-29-16-17-31(35(29,5)21-19-30(28)34)36(6)24-37(32(38)39-36)23-25-12-10-9-11-13-25/h9-15,27,29-31H,16-24H2,1-8H3. The van der Waals surface area contributed by atoms with Crippen LogP contribution in [0.5, 0.6) is 0 Å². The van der Waals surface area contributed by atoms with Gasteiger partial charge in [0.05, 0.1) is 6.54 Å². The number of benzene rings is 1. The van der Waals surface area contributed by atoms with Gasteiger partial charge in [0.25, 0.3) is 0 Å². The van der Waals surface area contributed by atoms with E-state index in [2.05, 4.69) is 78.9 Å². The molecule has 5 heteroatoms. The Morgan fingerprint density at radius 1 is 0.976 bits per heavy atom. The fourth-order valence-corrected chi connectivity index (χ4v) is 10.9. The Morgan fingerprint density at radius 3 is 2.41 bits per heavy atom. The van der Waals surface area contributed by atoms with Crippen LogP contribution in [0.25, 0.3) is 0 Å². The van der Waals surface area contributed by atoms with Gasteiger partial charge < -0.3 is 9.16 Å². The first kappa shape index (κ1) is 29.2. The van der Waals surface area contributed by atoms with Crippen molar-refractivity contribution in [1.82, 2.24) is 4.90 Å². The number of hydrogen-bond acceptors (Lipinski definition) is 3. The number of fused-ring (bicyclic) bond motifs is 5. The van der Waals surface area contributed by atoms with Crippen molar-refractivity contribution in [1.29, 1.82) is 0 Å². The number of rotatable bonds is 5. The Hall–Kier alpha value is -1.85. The average Bonchev–Trinajstić information content (AvgIpc) is 3.40. The summed E-state index contributed by atoms with van der Waals surface area (Å²) in [6.45, 7) is 20.5. The highest BCUT2D eigenvalue weighted by atomic mass is 28.4. The SMILES string of the molecule is CC1(C2CCC3C4=CC=C5CC(O[Si](C)(C)C(C)(C)C)CCC5(C)C4CCC32C)CN(Cc2ccccc2)C(=O)O1. The lowest BCUT2D eigenvalue weighted by atomic mass is 9.49. The van der Waals surface area contributed by atoms with Crippen LogP contribution >= 0.6 is 0 Å². The first-order valence-electron chi connectivity index (χ1n) is 16.3. The van der Waals surface area contributed by atoms with Crippen LogP contribution in [0.3, 0.4) is 0 Å². The summed E-state index contributed by atoms with van der Waals surface area (Å²) in [5.74, 6) is 1.61. The van der Waals surface area contributed by atoms with Crippen molar-refractivity contribution in [2.75, 3.05) is 6.54 Å². The molecule has 7 unspecified atom stereocenters. The first-order valence-corrected chi connectivity index (χ1v) is 19.2. The second-order valence-electron chi connectivity index (χ2n) is 16.3. The largest absolute Gasteiger partial charge is 0.441 e. The molecule has 0 aromatic heterocycles. The molecule has 4 fully saturated rings. The van der Waals surface area contributed by atoms with Crippen LogP contribution in [0.4, 0.5) is 4.79 Å². The van der Waals surface area contributed by atoms with Crippen molar-refractivity contribution in [3.05, 3.63) is 59.2 Å². The van der Waals surface area contributed by atoms with E-state index in [4.69, 9.17) is 9.16 Å². The fraction of sp³-hybridized carbons (Fsp3) is 0.694. The van der Waals surface area contributed by atoms with E-state index in [1.807, 2.05) is 23.1 Å².